The second-order valence-corrected chi connectivity index (χ2v) is 4.04. The van der Waals surface area contributed by atoms with Crippen LogP contribution in [-0.4, -0.2) is 16.6 Å². The maximum atomic E-state index is 11.8. The topological polar surface area (TPSA) is 55.0 Å². The molecule has 1 N–H and O–H groups in total. The van der Waals surface area contributed by atoms with Gasteiger partial charge in [0.05, 0.1) is 18.5 Å². The van der Waals surface area contributed by atoms with E-state index in [1.54, 1.807) is 6.20 Å². The molecule has 0 saturated heterocycles. The van der Waals surface area contributed by atoms with Gasteiger partial charge < -0.3 is 9.72 Å². The second-order valence-electron chi connectivity index (χ2n) is 4.04. The molecule has 2 heterocycles. The average Bonchev–Trinajstić information content (AvgIpc) is 2.39. The Labute approximate surface area is 98.3 Å². The first kappa shape index (κ1) is 10.1. The summed E-state index contributed by atoms with van der Waals surface area (Å²) in [6, 6.07) is 5.90. The predicted molar refractivity (Wildman–Crippen MR) is 64.1 cm³/mol. The van der Waals surface area contributed by atoms with Crippen LogP contribution in [0.25, 0.3) is 11.1 Å². The first-order chi connectivity index (χ1) is 8.36. The van der Waals surface area contributed by atoms with Crippen molar-refractivity contribution in [1.29, 1.82) is 0 Å². The van der Waals surface area contributed by atoms with Gasteiger partial charge in [-0.05, 0) is 18.4 Å². The Bertz CT molecular complexity index is 604. The summed E-state index contributed by atoms with van der Waals surface area (Å²) in [5.41, 5.74) is 2.42. The minimum atomic E-state index is -0.137. The van der Waals surface area contributed by atoms with E-state index in [1.165, 1.54) is 6.33 Å². The summed E-state index contributed by atoms with van der Waals surface area (Å²) in [5.74, 6) is 0.831. The van der Waals surface area contributed by atoms with Gasteiger partial charge >= 0.3 is 0 Å². The van der Waals surface area contributed by atoms with Crippen molar-refractivity contribution in [2.24, 2.45) is 0 Å². The molecule has 0 radical (unpaired) electrons. The molecule has 2 aromatic rings. The zero-order chi connectivity index (χ0) is 11.7. The summed E-state index contributed by atoms with van der Waals surface area (Å²) in [6.07, 6.45) is 5.00. The van der Waals surface area contributed by atoms with Gasteiger partial charge in [-0.2, -0.15) is 0 Å². The number of nitrogens with one attached hydrogen (secondary N) is 1. The molecule has 17 heavy (non-hydrogen) atoms. The highest BCUT2D eigenvalue weighted by Gasteiger charge is 2.16. The summed E-state index contributed by atoms with van der Waals surface area (Å²) < 4.78 is 5.68. The van der Waals surface area contributed by atoms with Crippen molar-refractivity contribution in [1.82, 2.24) is 9.97 Å². The van der Waals surface area contributed by atoms with Crippen LogP contribution in [0, 0.1) is 0 Å². The number of aromatic amines is 1. The molecule has 0 atom stereocenters. The van der Waals surface area contributed by atoms with E-state index in [-0.39, 0.29) is 5.56 Å². The number of nitrogens with zero attached hydrogens (tertiary/aromatic N) is 1. The van der Waals surface area contributed by atoms with Crippen LogP contribution < -0.4 is 10.3 Å². The summed E-state index contributed by atoms with van der Waals surface area (Å²) in [7, 11) is 0. The molecule has 0 saturated carbocycles. The van der Waals surface area contributed by atoms with Crippen LogP contribution in [0.2, 0.25) is 0 Å². The van der Waals surface area contributed by atoms with Crippen LogP contribution in [0.15, 0.2) is 35.5 Å². The smallest absolute Gasteiger partial charge is 0.258 e. The molecule has 4 nitrogen and oxygen atoms in total. The number of para-hydroxylation sites is 1. The maximum absolute atomic E-state index is 11.8. The normalized spacial score (nSPS) is 13.9. The molecule has 4 heteroatoms. The van der Waals surface area contributed by atoms with E-state index in [0.717, 1.165) is 29.7 Å². The van der Waals surface area contributed by atoms with E-state index < -0.39 is 0 Å². The molecule has 1 aliphatic heterocycles. The lowest BCUT2D eigenvalue weighted by molar-refractivity contribution is 0.289. The van der Waals surface area contributed by atoms with Gasteiger partial charge in [0.15, 0.2) is 0 Å². The van der Waals surface area contributed by atoms with Crippen LogP contribution in [0.1, 0.15) is 12.0 Å². The second kappa shape index (κ2) is 4.05. The fraction of sp³-hybridized carbons (Fsp3) is 0.231. The number of fused-ring (bicyclic) bond motifs is 1. The lowest BCUT2D eigenvalue weighted by Gasteiger charge is -2.19. The van der Waals surface area contributed by atoms with Gasteiger partial charge in [-0.3, -0.25) is 4.79 Å². The third-order valence-corrected chi connectivity index (χ3v) is 2.94. The highest BCUT2D eigenvalue weighted by Crippen LogP contribution is 2.34. The predicted octanol–water partition coefficient (Wildman–Crippen LogP) is 1.76. The monoisotopic (exact) mass is 228 g/mol. The Balaban J connectivity index is 2.22. The van der Waals surface area contributed by atoms with Crippen LogP contribution >= 0.6 is 0 Å². The van der Waals surface area contributed by atoms with Crippen LogP contribution in [0.5, 0.6) is 5.75 Å². The number of H-pyrrole nitrogens is 1. The number of hydrogen-bond donors (Lipinski definition) is 1. The molecule has 1 aliphatic rings. The van der Waals surface area contributed by atoms with Gasteiger partial charge in [0.1, 0.15) is 5.75 Å². The third-order valence-electron chi connectivity index (χ3n) is 2.94. The Morgan fingerprint density at radius 2 is 2.24 bits per heavy atom. The zero-order valence-corrected chi connectivity index (χ0v) is 9.27. The molecule has 86 valence electrons. The van der Waals surface area contributed by atoms with E-state index >= 15 is 0 Å². The Kier molecular flexibility index (Phi) is 2.40. The Morgan fingerprint density at radius 1 is 1.29 bits per heavy atom. The molecule has 0 spiro atoms. The molecular weight excluding hydrogens is 216 g/mol. The van der Waals surface area contributed by atoms with Crippen LogP contribution in [0.4, 0.5) is 0 Å². The van der Waals surface area contributed by atoms with Crippen molar-refractivity contribution >= 4 is 0 Å². The molecule has 1 aromatic heterocycles. The fourth-order valence-electron chi connectivity index (χ4n) is 2.14. The number of benzene rings is 1. The Hall–Kier alpha value is -2.10. The van der Waals surface area contributed by atoms with Gasteiger partial charge in [0, 0.05) is 11.8 Å². The Morgan fingerprint density at radius 3 is 3.12 bits per heavy atom. The molecule has 0 bridgehead atoms. The van der Waals surface area contributed by atoms with Crippen molar-refractivity contribution in [3.05, 3.63) is 46.6 Å². The van der Waals surface area contributed by atoms with Gasteiger partial charge in [0.2, 0.25) is 0 Å². The lowest BCUT2D eigenvalue weighted by atomic mass is 9.99. The highest BCUT2D eigenvalue weighted by atomic mass is 16.5. The van der Waals surface area contributed by atoms with Gasteiger partial charge in [-0.1, -0.05) is 18.2 Å². The highest BCUT2D eigenvalue weighted by molar-refractivity contribution is 5.71. The minimum Gasteiger partial charge on any atom is -0.493 e. The van der Waals surface area contributed by atoms with Crippen LogP contribution in [-0.2, 0) is 6.42 Å². The summed E-state index contributed by atoms with van der Waals surface area (Å²) in [4.78, 5) is 18.3. The van der Waals surface area contributed by atoms with Gasteiger partial charge in [-0.15, -0.1) is 0 Å². The minimum absolute atomic E-state index is 0.137. The number of hydrogen-bond acceptors (Lipinski definition) is 3. The average molecular weight is 228 g/mol. The first-order valence-corrected chi connectivity index (χ1v) is 5.64. The fourth-order valence-corrected chi connectivity index (χ4v) is 2.14. The van der Waals surface area contributed by atoms with E-state index in [4.69, 9.17) is 4.74 Å². The number of ether oxygens (including phenoxy) is 1. The lowest BCUT2D eigenvalue weighted by Crippen LogP contribution is -2.13. The standard InChI is InChI=1S/C13H12N2O2/c16-13-11(7-14-8-15-13)10-5-1-3-9-4-2-6-17-12(9)10/h1,3,5,7-8H,2,4,6H2,(H,14,15,16). The molecule has 3 rings (SSSR count). The third kappa shape index (κ3) is 1.71. The summed E-state index contributed by atoms with van der Waals surface area (Å²) in [5, 5.41) is 0. The molecule has 0 fully saturated rings. The van der Waals surface area contributed by atoms with Crippen molar-refractivity contribution < 1.29 is 4.74 Å². The SMILES string of the molecule is O=c1[nH]cncc1-c1cccc2c1OCCC2. The molecule has 0 aliphatic carbocycles. The van der Waals surface area contributed by atoms with Crippen molar-refractivity contribution in [2.45, 2.75) is 12.8 Å². The number of aromatic nitrogens is 2. The number of rotatable bonds is 1. The van der Waals surface area contributed by atoms with Gasteiger partial charge in [0.25, 0.3) is 5.56 Å². The first-order valence-electron chi connectivity index (χ1n) is 5.64. The maximum Gasteiger partial charge on any atom is 0.258 e. The van der Waals surface area contributed by atoms with Crippen molar-refractivity contribution in [3.8, 4) is 16.9 Å². The van der Waals surface area contributed by atoms with Crippen LogP contribution in [0.3, 0.4) is 0 Å². The van der Waals surface area contributed by atoms with E-state index in [9.17, 15) is 4.79 Å². The van der Waals surface area contributed by atoms with Crippen molar-refractivity contribution in [3.63, 3.8) is 0 Å². The van der Waals surface area contributed by atoms with Crippen molar-refractivity contribution in [2.75, 3.05) is 6.61 Å². The van der Waals surface area contributed by atoms with E-state index in [0.29, 0.717) is 12.2 Å². The quantitative estimate of drug-likeness (QED) is 0.809. The van der Waals surface area contributed by atoms with E-state index in [2.05, 4.69) is 9.97 Å². The summed E-state index contributed by atoms with van der Waals surface area (Å²) >= 11 is 0. The summed E-state index contributed by atoms with van der Waals surface area (Å²) in [6.45, 7) is 0.710. The molecule has 0 amide bonds. The molecule has 1 aromatic carbocycles. The zero-order valence-electron chi connectivity index (χ0n) is 9.27. The largest absolute Gasteiger partial charge is 0.493 e. The molecule has 0 unspecified atom stereocenters. The van der Waals surface area contributed by atoms with Gasteiger partial charge in [-0.25, -0.2) is 4.98 Å². The molecular formula is C13H12N2O2. The van der Waals surface area contributed by atoms with E-state index in [1.807, 2.05) is 18.2 Å². The number of aryl methyl sites for hydroxylation is 1.